The standard InChI is InChI=1S/C8H11N3O2S/c12-7(13)5-1-2-6(3-5)10-8-11-9-4-14-8/h4-6H,1-3H2,(H,10,11)(H,12,13). The van der Waals surface area contributed by atoms with Crippen LogP contribution in [0.2, 0.25) is 0 Å². The first-order valence-electron chi connectivity index (χ1n) is 4.51. The van der Waals surface area contributed by atoms with E-state index in [0.29, 0.717) is 6.42 Å². The summed E-state index contributed by atoms with van der Waals surface area (Å²) in [7, 11) is 0. The van der Waals surface area contributed by atoms with E-state index in [0.717, 1.165) is 18.0 Å². The number of aromatic nitrogens is 2. The Hall–Kier alpha value is -1.17. The summed E-state index contributed by atoms with van der Waals surface area (Å²) in [6.07, 6.45) is 2.34. The maximum absolute atomic E-state index is 10.7. The molecule has 1 fully saturated rings. The molecule has 6 heteroatoms. The van der Waals surface area contributed by atoms with Crippen LogP contribution in [0, 0.1) is 5.92 Å². The molecular weight excluding hydrogens is 202 g/mol. The van der Waals surface area contributed by atoms with Crippen molar-refractivity contribution in [2.24, 2.45) is 5.92 Å². The number of rotatable bonds is 3. The lowest BCUT2D eigenvalue weighted by Gasteiger charge is -2.09. The normalized spacial score (nSPS) is 26.3. The van der Waals surface area contributed by atoms with Gasteiger partial charge in [0.25, 0.3) is 0 Å². The van der Waals surface area contributed by atoms with Gasteiger partial charge in [0.15, 0.2) is 0 Å². The van der Waals surface area contributed by atoms with E-state index < -0.39 is 5.97 Å². The molecule has 2 unspecified atom stereocenters. The minimum atomic E-state index is -0.688. The Morgan fingerprint density at radius 2 is 2.50 bits per heavy atom. The second-order valence-electron chi connectivity index (χ2n) is 3.43. The molecule has 1 aromatic rings. The molecule has 0 spiro atoms. The van der Waals surface area contributed by atoms with Gasteiger partial charge in [-0.2, -0.15) is 0 Å². The number of nitrogens with zero attached hydrogens (tertiary/aromatic N) is 2. The summed E-state index contributed by atoms with van der Waals surface area (Å²) in [5.74, 6) is -0.882. The summed E-state index contributed by atoms with van der Waals surface area (Å²) >= 11 is 1.44. The highest BCUT2D eigenvalue weighted by molar-refractivity contribution is 7.13. The Balaban J connectivity index is 1.87. The number of hydrogen-bond acceptors (Lipinski definition) is 5. The summed E-state index contributed by atoms with van der Waals surface area (Å²) in [5.41, 5.74) is 1.66. The Bertz CT molecular complexity index is 314. The van der Waals surface area contributed by atoms with Gasteiger partial charge in [-0.1, -0.05) is 11.3 Å². The molecular formula is C8H11N3O2S. The molecule has 1 heterocycles. The van der Waals surface area contributed by atoms with Crippen molar-refractivity contribution in [1.82, 2.24) is 10.2 Å². The Kier molecular flexibility index (Phi) is 2.62. The van der Waals surface area contributed by atoms with Crippen LogP contribution < -0.4 is 5.32 Å². The fraction of sp³-hybridized carbons (Fsp3) is 0.625. The van der Waals surface area contributed by atoms with Crippen molar-refractivity contribution in [3.8, 4) is 0 Å². The van der Waals surface area contributed by atoms with Gasteiger partial charge in [0, 0.05) is 6.04 Å². The number of hydrogen-bond donors (Lipinski definition) is 2. The first-order chi connectivity index (χ1) is 6.75. The summed E-state index contributed by atoms with van der Waals surface area (Å²) < 4.78 is 0. The van der Waals surface area contributed by atoms with E-state index >= 15 is 0 Å². The van der Waals surface area contributed by atoms with E-state index in [-0.39, 0.29) is 12.0 Å². The van der Waals surface area contributed by atoms with Crippen molar-refractivity contribution < 1.29 is 9.90 Å². The van der Waals surface area contributed by atoms with Crippen LogP contribution in [0.25, 0.3) is 0 Å². The molecule has 1 saturated carbocycles. The average molecular weight is 213 g/mol. The van der Waals surface area contributed by atoms with Crippen molar-refractivity contribution in [3.05, 3.63) is 5.51 Å². The van der Waals surface area contributed by atoms with Crippen molar-refractivity contribution in [2.75, 3.05) is 5.32 Å². The molecule has 2 rings (SSSR count). The predicted octanol–water partition coefficient (Wildman–Crippen LogP) is 1.20. The quantitative estimate of drug-likeness (QED) is 0.789. The largest absolute Gasteiger partial charge is 0.481 e. The third-order valence-electron chi connectivity index (χ3n) is 2.47. The van der Waals surface area contributed by atoms with Crippen LogP contribution in [0.3, 0.4) is 0 Å². The highest BCUT2D eigenvalue weighted by Gasteiger charge is 2.29. The predicted molar refractivity (Wildman–Crippen MR) is 52.3 cm³/mol. The SMILES string of the molecule is O=C(O)C1CCC(Nc2nncs2)C1. The van der Waals surface area contributed by atoms with Crippen molar-refractivity contribution in [2.45, 2.75) is 25.3 Å². The molecule has 0 radical (unpaired) electrons. The fourth-order valence-electron chi connectivity index (χ4n) is 1.75. The lowest BCUT2D eigenvalue weighted by molar-refractivity contribution is -0.141. The monoisotopic (exact) mass is 213 g/mol. The highest BCUT2D eigenvalue weighted by Crippen LogP contribution is 2.28. The molecule has 1 aliphatic carbocycles. The average Bonchev–Trinajstić information content (AvgIpc) is 2.75. The first-order valence-corrected chi connectivity index (χ1v) is 5.39. The van der Waals surface area contributed by atoms with Gasteiger partial charge < -0.3 is 10.4 Å². The molecule has 5 nitrogen and oxygen atoms in total. The van der Waals surface area contributed by atoms with E-state index in [1.807, 2.05) is 0 Å². The number of carboxylic acids is 1. The summed E-state index contributed by atoms with van der Waals surface area (Å²) in [5, 5.41) is 20.3. The zero-order valence-electron chi connectivity index (χ0n) is 7.51. The zero-order chi connectivity index (χ0) is 9.97. The molecule has 14 heavy (non-hydrogen) atoms. The summed E-state index contributed by atoms with van der Waals surface area (Å²) in [4.78, 5) is 10.7. The Labute approximate surface area is 85.2 Å². The van der Waals surface area contributed by atoms with Gasteiger partial charge in [0.1, 0.15) is 5.51 Å². The van der Waals surface area contributed by atoms with Gasteiger partial charge in [0.05, 0.1) is 5.92 Å². The van der Waals surface area contributed by atoms with E-state index in [1.165, 1.54) is 11.3 Å². The lowest BCUT2D eigenvalue weighted by atomic mass is 10.1. The number of nitrogens with one attached hydrogen (secondary N) is 1. The van der Waals surface area contributed by atoms with E-state index in [2.05, 4.69) is 15.5 Å². The van der Waals surface area contributed by atoms with Crippen molar-refractivity contribution >= 4 is 22.4 Å². The van der Waals surface area contributed by atoms with Gasteiger partial charge in [-0.15, -0.1) is 10.2 Å². The fourth-order valence-corrected chi connectivity index (χ4v) is 2.27. The van der Waals surface area contributed by atoms with Gasteiger partial charge >= 0.3 is 5.97 Å². The van der Waals surface area contributed by atoms with Crippen LogP contribution in [0.1, 0.15) is 19.3 Å². The molecule has 76 valence electrons. The molecule has 2 atom stereocenters. The van der Waals surface area contributed by atoms with E-state index in [9.17, 15) is 4.79 Å². The third kappa shape index (κ3) is 2.01. The molecule has 2 N–H and O–H groups in total. The summed E-state index contributed by atoms with van der Waals surface area (Å²) in [6, 6.07) is 0.240. The van der Waals surface area contributed by atoms with Crippen molar-refractivity contribution in [3.63, 3.8) is 0 Å². The van der Waals surface area contributed by atoms with Crippen LogP contribution in [0.4, 0.5) is 5.13 Å². The molecule has 0 amide bonds. The van der Waals surface area contributed by atoms with Gasteiger partial charge in [0.2, 0.25) is 5.13 Å². The number of carbonyl (C=O) groups is 1. The Morgan fingerprint density at radius 3 is 3.07 bits per heavy atom. The number of anilines is 1. The first kappa shape index (κ1) is 9.39. The molecule has 0 aliphatic heterocycles. The molecule has 1 aliphatic rings. The third-order valence-corrected chi connectivity index (χ3v) is 3.09. The van der Waals surface area contributed by atoms with Crippen LogP contribution in [0.5, 0.6) is 0 Å². The van der Waals surface area contributed by atoms with Crippen LogP contribution in [-0.2, 0) is 4.79 Å². The maximum Gasteiger partial charge on any atom is 0.306 e. The smallest absolute Gasteiger partial charge is 0.306 e. The molecule has 0 bridgehead atoms. The van der Waals surface area contributed by atoms with Gasteiger partial charge in [-0.05, 0) is 19.3 Å². The van der Waals surface area contributed by atoms with Gasteiger partial charge in [-0.25, -0.2) is 0 Å². The van der Waals surface area contributed by atoms with Crippen molar-refractivity contribution in [1.29, 1.82) is 0 Å². The molecule has 0 aromatic carbocycles. The molecule has 0 saturated heterocycles. The minimum absolute atomic E-state index is 0.194. The van der Waals surface area contributed by atoms with Crippen LogP contribution >= 0.6 is 11.3 Å². The number of carboxylic acid groups (broad SMARTS) is 1. The maximum atomic E-state index is 10.7. The van der Waals surface area contributed by atoms with Crippen LogP contribution in [-0.4, -0.2) is 27.3 Å². The lowest BCUT2D eigenvalue weighted by Crippen LogP contribution is -2.17. The second kappa shape index (κ2) is 3.91. The molecule has 1 aromatic heterocycles. The second-order valence-corrected chi connectivity index (χ2v) is 4.27. The minimum Gasteiger partial charge on any atom is -0.481 e. The highest BCUT2D eigenvalue weighted by atomic mass is 32.1. The topological polar surface area (TPSA) is 75.1 Å². The van der Waals surface area contributed by atoms with E-state index in [1.54, 1.807) is 5.51 Å². The number of aliphatic carboxylic acids is 1. The zero-order valence-corrected chi connectivity index (χ0v) is 8.33. The van der Waals surface area contributed by atoms with Gasteiger partial charge in [-0.3, -0.25) is 4.79 Å². The van der Waals surface area contributed by atoms with Crippen LogP contribution in [0.15, 0.2) is 5.51 Å². The Morgan fingerprint density at radius 1 is 1.64 bits per heavy atom. The van der Waals surface area contributed by atoms with E-state index in [4.69, 9.17) is 5.11 Å². The summed E-state index contributed by atoms with van der Waals surface area (Å²) in [6.45, 7) is 0.